The fourth-order valence-corrected chi connectivity index (χ4v) is 1.61. The van der Waals surface area contributed by atoms with Gasteiger partial charge in [-0.1, -0.05) is 13.3 Å². The molecule has 0 aromatic carbocycles. The van der Waals surface area contributed by atoms with Gasteiger partial charge < -0.3 is 5.41 Å². The lowest BCUT2D eigenvalue weighted by molar-refractivity contribution is 0.833. The van der Waals surface area contributed by atoms with E-state index < -0.39 is 0 Å². The van der Waals surface area contributed by atoms with E-state index in [0.29, 0.717) is 0 Å². The Bertz CT molecular complexity index is 213. The maximum Gasteiger partial charge on any atom is 0.0394 e. The van der Waals surface area contributed by atoms with Gasteiger partial charge in [0, 0.05) is 11.3 Å². The molecule has 0 unspecified atom stereocenters. The fraction of sp³-hybridized carbons (Fsp3) is 0.444. The van der Waals surface area contributed by atoms with Gasteiger partial charge in [-0.2, -0.15) is 11.3 Å². The molecule has 0 fully saturated rings. The highest BCUT2D eigenvalue weighted by Gasteiger charge is 1.99. The average molecular weight is 167 g/mol. The predicted octanol–water partition coefficient (Wildman–Crippen LogP) is 3.31. The standard InChI is InChI=1S/C9H13NS/c1-2-3-4-9(10)8-5-6-11-7-8/h5-7,10H,2-4H2,1H3. The molecular weight excluding hydrogens is 154 g/mol. The first-order valence-electron chi connectivity index (χ1n) is 3.94. The maximum absolute atomic E-state index is 7.66. The molecule has 0 amide bonds. The zero-order chi connectivity index (χ0) is 8.10. The van der Waals surface area contributed by atoms with Gasteiger partial charge in [0.2, 0.25) is 0 Å². The van der Waals surface area contributed by atoms with Crippen LogP contribution < -0.4 is 0 Å². The molecule has 1 aromatic heterocycles. The van der Waals surface area contributed by atoms with Gasteiger partial charge in [0.1, 0.15) is 0 Å². The summed E-state index contributed by atoms with van der Waals surface area (Å²) in [6.07, 6.45) is 3.23. The van der Waals surface area contributed by atoms with Crippen LogP contribution in [-0.2, 0) is 0 Å². The van der Waals surface area contributed by atoms with Crippen molar-refractivity contribution in [2.24, 2.45) is 0 Å². The minimum atomic E-state index is 0.785. The van der Waals surface area contributed by atoms with Gasteiger partial charge in [-0.15, -0.1) is 0 Å². The molecule has 2 heteroatoms. The van der Waals surface area contributed by atoms with Crippen molar-refractivity contribution in [3.8, 4) is 0 Å². The summed E-state index contributed by atoms with van der Waals surface area (Å²) in [5.74, 6) is 0. The Balaban J connectivity index is 2.43. The molecule has 11 heavy (non-hydrogen) atoms. The second-order valence-corrected chi connectivity index (χ2v) is 3.37. The molecule has 1 nitrogen and oxygen atoms in total. The van der Waals surface area contributed by atoms with Gasteiger partial charge in [0.15, 0.2) is 0 Å². The summed E-state index contributed by atoms with van der Waals surface area (Å²) >= 11 is 1.66. The van der Waals surface area contributed by atoms with Crippen molar-refractivity contribution in [2.45, 2.75) is 26.2 Å². The van der Waals surface area contributed by atoms with E-state index in [1.165, 1.54) is 6.42 Å². The molecule has 0 radical (unpaired) electrons. The maximum atomic E-state index is 7.66. The molecule has 0 aliphatic rings. The number of hydrogen-bond donors (Lipinski definition) is 1. The van der Waals surface area contributed by atoms with Crippen molar-refractivity contribution >= 4 is 17.0 Å². The molecule has 1 aromatic rings. The van der Waals surface area contributed by atoms with Crippen molar-refractivity contribution in [3.63, 3.8) is 0 Å². The Morgan fingerprint density at radius 1 is 1.64 bits per heavy atom. The molecular formula is C9H13NS. The summed E-state index contributed by atoms with van der Waals surface area (Å²) in [5.41, 5.74) is 1.89. The quantitative estimate of drug-likeness (QED) is 0.665. The van der Waals surface area contributed by atoms with E-state index in [1.54, 1.807) is 11.3 Å². The first-order chi connectivity index (χ1) is 5.34. The molecule has 0 saturated heterocycles. The Kier molecular flexibility index (Phi) is 3.30. The topological polar surface area (TPSA) is 23.9 Å². The van der Waals surface area contributed by atoms with Crippen LogP contribution >= 0.6 is 11.3 Å². The van der Waals surface area contributed by atoms with E-state index in [9.17, 15) is 0 Å². The lowest BCUT2D eigenvalue weighted by Crippen LogP contribution is -1.95. The van der Waals surface area contributed by atoms with Crippen LogP contribution in [0.2, 0.25) is 0 Å². The monoisotopic (exact) mass is 167 g/mol. The minimum absolute atomic E-state index is 0.785. The minimum Gasteiger partial charge on any atom is -0.305 e. The molecule has 0 bridgehead atoms. The van der Waals surface area contributed by atoms with Crippen LogP contribution in [0, 0.1) is 5.41 Å². The van der Waals surface area contributed by atoms with E-state index in [-0.39, 0.29) is 0 Å². The summed E-state index contributed by atoms with van der Waals surface area (Å²) in [4.78, 5) is 0. The van der Waals surface area contributed by atoms with Crippen LogP contribution in [-0.4, -0.2) is 5.71 Å². The number of hydrogen-bond acceptors (Lipinski definition) is 2. The molecule has 0 aliphatic heterocycles. The zero-order valence-corrected chi connectivity index (χ0v) is 7.58. The largest absolute Gasteiger partial charge is 0.305 e. The number of thiophene rings is 1. The Morgan fingerprint density at radius 3 is 3.00 bits per heavy atom. The van der Waals surface area contributed by atoms with Gasteiger partial charge in [0.05, 0.1) is 0 Å². The normalized spacial score (nSPS) is 9.91. The SMILES string of the molecule is CCCCC(=N)c1ccsc1. The lowest BCUT2D eigenvalue weighted by Gasteiger charge is -1.97. The van der Waals surface area contributed by atoms with Crippen molar-refractivity contribution in [1.29, 1.82) is 5.41 Å². The summed E-state index contributed by atoms with van der Waals surface area (Å²) in [6.45, 7) is 2.15. The Hall–Kier alpha value is -0.630. The van der Waals surface area contributed by atoms with E-state index in [2.05, 4.69) is 6.92 Å². The number of rotatable bonds is 4. The predicted molar refractivity (Wildman–Crippen MR) is 50.7 cm³/mol. The average Bonchev–Trinajstić information content (AvgIpc) is 2.52. The third-order valence-corrected chi connectivity index (χ3v) is 2.33. The van der Waals surface area contributed by atoms with E-state index in [0.717, 1.165) is 24.1 Å². The van der Waals surface area contributed by atoms with Gasteiger partial charge in [-0.05, 0) is 29.7 Å². The highest BCUT2D eigenvalue weighted by atomic mass is 32.1. The van der Waals surface area contributed by atoms with E-state index in [1.807, 2.05) is 16.8 Å². The van der Waals surface area contributed by atoms with Crippen LogP contribution in [0.1, 0.15) is 31.7 Å². The second-order valence-electron chi connectivity index (χ2n) is 2.59. The van der Waals surface area contributed by atoms with Crippen molar-refractivity contribution in [2.75, 3.05) is 0 Å². The third kappa shape index (κ3) is 2.46. The molecule has 1 rings (SSSR count). The fourth-order valence-electron chi connectivity index (χ4n) is 0.934. The van der Waals surface area contributed by atoms with Gasteiger partial charge in [-0.3, -0.25) is 0 Å². The summed E-state index contributed by atoms with van der Waals surface area (Å²) in [7, 11) is 0. The molecule has 0 spiro atoms. The molecule has 1 N–H and O–H groups in total. The van der Waals surface area contributed by atoms with E-state index >= 15 is 0 Å². The summed E-state index contributed by atoms with van der Waals surface area (Å²) < 4.78 is 0. The van der Waals surface area contributed by atoms with Crippen molar-refractivity contribution < 1.29 is 0 Å². The molecule has 60 valence electrons. The molecule has 0 atom stereocenters. The first kappa shape index (κ1) is 8.47. The van der Waals surface area contributed by atoms with Crippen LogP contribution in [0.5, 0.6) is 0 Å². The smallest absolute Gasteiger partial charge is 0.0394 e. The van der Waals surface area contributed by atoms with Gasteiger partial charge >= 0.3 is 0 Å². The van der Waals surface area contributed by atoms with Crippen LogP contribution in [0.15, 0.2) is 16.8 Å². The summed E-state index contributed by atoms with van der Waals surface area (Å²) in [5, 5.41) is 11.7. The summed E-state index contributed by atoms with van der Waals surface area (Å²) in [6, 6.07) is 2.02. The molecule has 1 heterocycles. The highest BCUT2D eigenvalue weighted by molar-refractivity contribution is 7.08. The molecule has 0 saturated carbocycles. The van der Waals surface area contributed by atoms with Crippen molar-refractivity contribution in [3.05, 3.63) is 22.4 Å². The van der Waals surface area contributed by atoms with E-state index in [4.69, 9.17) is 5.41 Å². The van der Waals surface area contributed by atoms with Crippen LogP contribution in [0.25, 0.3) is 0 Å². The van der Waals surface area contributed by atoms with Gasteiger partial charge in [0.25, 0.3) is 0 Å². The highest BCUT2D eigenvalue weighted by Crippen LogP contribution is 2.10. The van der Waals surface area contributed by atoms with Crippen molar-refractivity contribution in [1.82, 2.24) is 0 Å². The lowest BCUT2D eigenvalue weighted by atomic mass is 10.1. The first-order valence-corrected chi connectivity index (χ1v) is 4.89. The zero-order valence-electron chi connectivity index (χ0n) is 6.76. The Morgan fingerprint density at radius 2 is 2.45 bits per heavy atom. The van der Waals surface area contributed by atoms with Gasteiger partial charge in [-0.25, -0.2) is 0 Å². The third-order valence-electron chi connectivity index (χ3n) is 1.65. The molecule has 0 aliphatic carbocycles. The Labute approximate surface area is 71.6 Å². The second kappa shape index (κ2) is 4.29. The van der Waals surface area contributed by atoms with Crippen LogP contribution in [0.4, 0.5) is 0 Å². The number of unbranched alkanes of at least 4 members (excludes halogenated alkanes) is 1. The van der Waals surface area contributed by atoms with Crippen LogP contribution in [0.3, 0.4) is 0 Å². The number of nitrogens with one attached hydrogen (secondary N) is 1.